The molecule has 0 aromatic rings. The first-order chi connectivity index (χ1) is 5.46. The van der Waals surface area contributed by atoms with Gasteiger partial charge in [0, 0.05) is 26.9 Å². The summed E-state index contributed by atoms with van der Waals surface area (Å²) in [6.07, 6.45) is 1.70. The summed E-state index contributed by atoms with van der Waals surface area (Å²) in [7, 11) is 3.47. The van der Waals surface area contributed by atoms with E-state index in [-0.39, 0.29) is 11.7 Å². The van der Waals surface area contributed by atoms with Crippen LogP contribution >= 0.6 is 0 Å². The number of carbonyl (C=O) groups is 2. The lowest BCUT2D eigenvalue weighted by molar-refractivity contribution is -0.139. The number of nitrogens with zero attached hydrogens (tertiary/aromatic N) is 1. The van der Waals surface area contributed by atoms with Crippen molar-refractivity contribution in [1.29, 1.82) is 0 Å². The Labute approximate surface area is 72.7 Å². The molecular weight excluding hydrogens is 154 g/mol. The van der Waals surface area contributed by atoms with E-state index in [1.165, 1.54) is 0 Å². The zero-order valence-corrected chi connectivity index (χ0v) is 7.89. The summed E-state index contributed by atoms with van der Waals surface area (Å²) in [4.78, 5) is 24.2. The third-order valence-corrected chi connectivity index (χ3v) is 2.47. The smallest absolute Gasteiger partial charge is 0.228 e. The molecule has 1 atom stereocenters. The van der Waals surface area contributed by atoms with Crippen molar-refractivity contribution >= 4 is 11.7 Å². The number of carbonyl (C=O) groups excluding carboxylic acids is 2. The molecule has 0 heterocycles. The van der Waals surface area contributed by atoms with Crippen molar-refractivity contribution in [2.75, 3.05) is 14.1 Å². The standard InChI is InChI=1S/C9H15NO2/c1-9(8(12)10(2)3)5-4-7(11)6-9/h4-6H2,1-3H3. The molecule has 1 aliphatic carbocycles. The molecule has 1 amide bonds. The minimum atomic E-state index is -0.416. The molecule has 0 N–H and O–H groups in total. The highest BCUT2D eigenvalue weighted by atomic mass is 16.2. The summed E-state index contributed by atoms with van der Waals surface area (Å²) in [5.41, 5.74) is -0.416. The van der Waals surface area contributed by atoms with E-state index in [0.717, 1.165) is 0 Å². The van der Waals surface area contributed by atoms with Crippen LogP contribution in [0.25, 0.3) is 0 Å². The van der Waals surface area contributed by atoms with Gasteiger partial charge in [-0.15, -0.1) is 0 Å². The number of ketones is 1. The molecule has 0 radical (unpaired) electrons. The van der Waals surface area contributed by atoms with Gasteiger partial charge in [0.25, 0.3) is 0 Å². The van der Waals surface area contributed by atoms with Crippen molar-refractivity contribution in [2.45, 2.75) is 26.2 Å². The molecule has 68 valence electrons. The van der Waals surface area contributed by atoms with Crippen LogP contribution in [0.4, 0.5) is 0 Å². The Morgan fingerprint density at radius 1 is 1.50 bits per heavy atom. The van der Waals surface area contributed by atoms with E-state index < -0.39 is 5.41 Å². The van der Waals surface area contributed by atoms with Gasteiger partial charge < -0.3 is 4.90 Å². The number of hydrogen-bond donors (Lipinski definition) is 0. The second-order valence-electron chi connectivity index (χ2n) is 3.98. The molecular formula is C9H15NO2. The summed E-state index contributed by atoms with van der Waals surface area (Å²) in [5, 5.41) is 0. The lowest BCUT2D eigenvalue weighted by Gasteiger charge is -2.25. The van der Waals surface area contributed by atoms with E-state index in [2.05, 4.69) is 0 Å². The Balaban J connectivity index is 2.73. The second kappa shape index (κ2) is 2.88. The van der Waals surface area contributed by atoms with E-state index in [9.17, 15) is 9.59 Å². The van der Waals surface area contributed by atoms with Crippen molar-refractivity contribution in [3.63, 3.8) is 0 Å². The van der Waals surface area contributed by atoms with Gasteiger partial charge in [-0.2, -0.15) is 0 Å². The van der Waals surface area contributed by atoms with Crippen LogP contribution in [-0.4, -0.2) is 30.7 Å². The fourth-order valence-corrected chi connectivity index (χ4v) is 1.75. The minimum absolute atomic E-state index is 0.0772. The van der Waals surface area contributed by atoms with Gasteiger partial charge in [-0.3, -0.25) is 9.59 Å². The molecule has 0 aromatic heterocycles. The number of rotatable bonds is 1. The average Bonchev–Trinajstić information content (AvgIpc) is 2.31. The van der Waals surface area contributed by atoms with Crippen LogP contribution in [0.1, 0.15) is 26.2 Å². The van der Waals surface area contributed by atoms with Crippen molar-refractivity contribution in [3.05, 3.63) is 0 Å². The Morgan fingerprint density at radius 3 is 2.42 bits per heavy atom. The van der Waals surface area contributed by atoms with Gasteiger partial charge >= 0.3 is 0 Å². The third kappa shape index (κ3) is 1.49. The Morgan fingerprint density at radius 2 is 2.08 bits per heavy atom. The van der Waals surface area contributed by atoms with E-state index in [4.69, 9.17) is 0 Å². The molecule has 1 saturated carbocycles. The molecule has 12 heavy (non-hydrogen) atoms. The van der Waals surface area contributed by atoms with Gasteiger partial charge in [-0.1, -0.05) is 6.92 Å². The van der Waals surface area contributed by atoms with Crippen LogP contribution in [0.5, 0.6) is 0 Å². The fourth-order valence-electron chi connectivity index (χ4n) is 1.75. The second-order valence-corrected chi connectivity index (χ2v) is 3.98. The minimum Gasteiger partial charge on any atom is -0.348 e. The predicted octanol–water partition coefficient (Wildman–Crippen LogP) is 0.834. The molecule has 3 heteroatoms. The highest BCUT2D eigenvalue weighted by Crippen LogP contribution is 2.36. The lowest BCUT2D eigenvalue weighted by Crippen LogP contribution is -2.36. The molecule has 0 spiro atoms. The first-order valence-electron chi connectivity index (χ1n) is 4.19. The van der Waals surface area contributed by atoms with E-state index in [1.54, 1.807) is 19.0 Å². The van der Waals surface area contributed by atoms with Crippen LogP contribution in [-0.2, 0) is 9.59 Å². The average molecular weight is 169 g/mol. The molecule has 1 unspecified atom stereocenters. The van der Waals surface area contributed by atoms with Gasteiger partial charge in [0.2, 0.25) is 5.91 Å². The van der Waals surface area contributed by atoms with Crippen molar-refractivity contribution in [1.82, 2.24) is 4.90 Å². The molecule has 1 aliphatic rings. The quantitative estimate of drug-likeness (QED) is 0.583. The molecule has 1 fully saturated rings. The Bertz CT molecular complexity index is 223. The van der Waals surface area contributed by atoms with Gasteiger partial charge in [0.1, 0.15) is 5.78 Å². The SMILES string of the molecule is CN(C)C(=O)C1(C)CCC(=O)C1. The first-order valence-corrected chi connectivity index (χ1v) is 4.19. The van der Waals surface area contributed by atoms with Crippen LogP contribution in [0.15, 0.2) is 0 Å². The summed E-state index contributed by atoms with van der Waals surface area (Å²) in [6, 6.07) is 0. The van der Waals surface area contributed by atoms with Crippen LogP contribution < -0.4 is 0 Å². The highest BCUT2D eigenvalue weighted by molar-refractivity contribution is 5.92. The van der Waals surface area contributed by atoms with Gasteiger partial charge in [-0.25, -0.2) is 0 Å². The molecule has 0 bridgehead atoms. The number of hydrogen-bond acceptors (Lipinski definition) is 2. The van der Waals surface area contributed by atoms with Gasteiger partial charge in [0.05, 0.1) is 5.41 Å². The van der Waals surface area contributed by atoms with Crippen LogP contribution in [0.2, 0.25) is 0 Å². The summed E-state index contributed by atoms with van der Waals surface area (Å²) >= 11 is 0. The number of amides is 1. The maximum absolute atomic E-state index is 11.6. The molecule has 0 saturated heterocycles. The van der Waals surface area contributed by atoms with Crippen LogP contribution in [0, 0.1) is 5.41 Å². The molecule has 1 rings (SSSR count). The van der Waals surface area contributed by atoms with Crippen LogP contribution in [0.3, 0.4) is 0 Å². The maximum atomic E-state index is 11.6. The predicted molar refractivity (Wildman–Crippen MR) is 45.7 cm³/mol. The van der Waals surface area contributed by atoms with Gasteiger partial charge in [0.15, 0.2) is 0 Å². The van der Waals surface area contributed by atoms with E-state index in [1.807, 2.05) is 6.92 Å². The normalized spacial score (nSPS) is 29.1. The van der Waals surface area contributed by atoms with Crippen molar-refractivity contribution in [2.24, 2.45) is 5.41 Å². The van der Waals surface area contributed by atoms with E-state index in [0.29, 0.717) is 19.3 Å². The zero-order chi connectivity index (χ0) is 9.35. The summed E-state index contributed by atoms with van der Waals surface area (Å²) in [6.45, 7) is 1.88. The van der Waals surface area contributed by atoms with Crippen molar-refractivity contribution in [3.8, 4) is 0 Å². The topological polar surface area (TPSA) is 37.4 Å². The van der Waals surface area contributed by atoms with E-state index >= 15 is 0 Å². The number of Topliss-reactive ketones (excluding diaryl/α,β-unsaturated/α-hetero) is 1. The maximum Gasteiger partial charge on any atom is 0.228 e. The van der Waals surface area contributed by atoms with Crippen molar-refractivity contribution < 1.29 is 9.59 Å². The summed E-state index contributed by atoms with van der Waals surface area (Å²) in [5.74, 6) is 0.293. The van der Waals surface area contributed by atoms with Gasteiger partial charge in [-0.05, 0) is 6.42 Å². The highest BCUT2D eigenvalue weighted by Gasteiger charge is 2.41. The monoisotopic (exact) mass is 169 g/mol. The molecule has 3 nitrogen and oxygen atoms in total. The zero-order valence-electron chi connectivity index (χ0n) is 7.89. The molecule has 0 aliphatic heterocycles. The third-order valence-electron chi connectivity index (χ3n) is 2.47. The Hall–Kier alpha value is -0.860. The lowest BCUT2D eigenvalue weighted by atomic mass is 9.87. The molecule has 0 aromatic carbocycles. The largest absolute Gasteiger partial charge is 0.348 e. The fraction of sp³-hybridized carbons (Fsp3) is 0.778. The summed E-state index contributed by atoms with van der Waals surface area (Å²) < 4.78 is 0. The Kier molecular flexibility index (Phi) is 2.22. The first kappa shape index (κ1) is 9.23.